The van der Waals surface area contributed by atoms with E-state index in [1.54, 1.807) is 6.92 Å². The minimum atomic E-state index is -0.616. The van der Waals surface area contributed by atoms with Crippen LogP contribution in [0.25, 0.3) is 0 Å². The third-order valence-electron chi connectivity index (χ3n) is 2.41. The van der Waals surface area contributed by atoms with E-state index in [0.29, 0.717) is 19.7 Å². The predicted molar refractivity (Wildman–Crippen MR) is 60.3 cm³/mol. The number of hydrogen-bond acceptors (Lipinski definition) is 3. The van der Waals surface area contributed by atoms with Gasteiger partial charge in [-0.15, -0.1) is 11.6 Å². The largest absolute Gasteiger partial charge is 0.377 e. The zero-order valence-electron chi connectivity index (χ0n) is 9.53. The lowest BCUT2D eigenvalue weighted by molar-refractivity contribution is -0.147. The van der Waals surface area contributed by atoms with Crippen LogP contribution >= 0.6 is 11.6 Å². The van der Waals surface area contributed by atoms with Gasteiger partial charge in [0.25, 0.3) is 0 Å². The molecule has 1 heterocycles. The van der Waals surface area contributed by atoms with Crippen LogP contribution in [0.3, 0.4) is 0 Å². The smallest absolute Gasteiger partial charge is 0.245 e. The highest BCUT2D eigenvalue weighted by Gasteiger charge is 2.33. The number of morpholine rings is 1. The molecule has 2 amide bonds. The van der Waals surface area contributed by atoms with Crippen molar-refractivity contribution in [2.24, 2.45) is 0 Å². The Labute approximate surface area is 100 Å². The quantitative estimate of drug-likeness (QED) is 0.714. The number of amides is 2. The average Bonchev–Trinajstić information content (AvgIpc) is 2.28. The summed E-state index contributed by atoms with van der Waals surface area (Å²) in [5.41, 5.74) is 0. The molecule has 0 saturated carbocycles. The van der Waals surface area contributed by atoms with Crippen molar-refractivity contribution in [1.29, 1.82) is 0 Å². The molecule has 1 fully saturated rings. The molecule has 0 bridgehead atoms. The second kappa shape index (κ2) is 6.06. The molecular weight excluding hydrogens is 232 g/mol. The molecular formula is C10H17ClN2O3. The second-order valence-corrected chi connectivity index (χ2v) is 4.29. The molecule has 1 rings (SSSR count). The highest BCUT2D eigenvalue weighted by atomic mass is 35.5. The Morgan fingerprint density at radius 3 is 2.88 bits per heavy atom. The summed E-state index contributed by atoms with van der Waals surface area (Å²) < 4.78 is 5.21. The normalized spacial score (nSPS) is 22.7. The van der Waals surface area contributed by atoms with Crippen LogP contribution in [-0.2, 0) is 14.3 Å². The first-order valence-electron chi connectivity index (χ1n) is 5.38. The lowest BCUT2D eigenvalue weighted by Crippen LogP contribution is -2.57. The molecule has 16 heavy (non-hydrogen) atoms. The fourth-order valence-electron chi connectivity index (χ4n) is 1.61. The van der Waals surface area contributed by atoms with E-state index in [1.807, 2.05) is 6.92 Å². The Bertz CT molecular complexity index is 271. The lowest BCUT2D eigenvalue weighted by Gasteiger charge is -2.35. The van der Waals surface area contributed by atoms with Gasteiger partial charge < -0.3 is 15.0 Å². The van der Waals surface area contributed by atoms with Gasteiger partial charge in [-0.05, 0) is 13.8 Å². The van der Waals surface area contributed by atoms with E-state index < -0.39 is 11.4 Å². The van der Waals surface area contributed by atoms with Crippen LogP contribution in [0, 0.1) is 0 Å². The summed E-state index contributed by atoms with van der Waals surface area (Å²) >= 11 is 5.74. The molecule has 0 aliphatic carbocycles. The number of carbonyl (C=O) groups is 2. The van der Waals surface area contributed by atoms with E-state index in [1.165, 1.54) is 4.90 Å². The molecule has 1 aliphatic rings. The number of nitrogens with one attached hydrogen (secondary N) is 1. The highest BCUT2D eigenvalue weighted by Crippen LogP contribution is 2.11. The number of alkyl halides is 1. The maximum atomic E-state index is 11.8. The molecule has 0 radical (unpaired) electrons. The standard InChI is InChI=1S/C10H17ClN2O3/c1-3-12-9(14)8-6-16-5-4-13(8)10(15)7(2)11/h7-8H,3-6H2,1-2H3,(H,12,14). The van der Waals surface area contributed by atoms with Crippen molar-refractivity contribution in [3.8, 4) is 0 Å². The van der Waals surface area contributed by atoms with Gasteiger partial charge in [0, 0.05) is 13.1 Å². The van der Waals surface area contributed by atoms with Crippen molar-refractivity contribution in [3.63, 3.8) is 0 Å². The maximum absolute atomic E-state index is 11.8. The van der Waals surface area contributed by atoms with Gasteiger partial charge >= 0.3 is 0 Å². The summed E-state index contributed by atoms with van der Waals surface area (Å²) in [4.78, 5) is 25.0. The molecule has 5 nitrogen and oxygen atoms in total. The zero-order valence-corrected chi connectivity index (χ0v) is 10.3. The van der Waals surface area contributed by atoms with Crippen LogP contribution in [0.1, 0.15) is 13.8 Å². The van der Waals surface area contributed by atoms with Crippen LogP contribution < -0.4 is 5.32 Å². The summed E-state index contributed by atoms with van der Waals surface area (Å²) in [5, 5.41) is 2.07. The van der Waals surface area contributed by atoms with Crippen molar-refractivity contribution < 1.29 is 14.3 Å². The van der Waals surface area contributed by atoms with Gasteiger partial charge in [0.05, 0.1) is 13.2 Å². The number of nitrogens with zero attached hydrogens (tertiary/aromatic N) is 1. The number of ether oxygens (including phenoxy) is 1. The first-order chi connectivity index (χ1) is 7.57. The predicted octanol–water partition coefficient (Wildman–Crippen LogP) is -0.0228. The number of halogens is 1. The molecule has 0 aromatic heterocycles. The molecule has 2 atom stereocenters. The van der Waals surface area contributed by atoms with E-state index in [0.717, 1.165) is 0 Å². The van der Waals surface area contributed by atoms with Crippen LogP contribution in [0.2, 0.25) is 0 Å². The van der Waals surface area contributed by atoms with E-state index in [2.05, 4.69) is 5.32 Å². The third-order valence-corrected chi connectivity index (χ3v) is 2.59. The van der Waals surface area contributed by atoms with E-state index in [-0.39, 0.29) is 18.4 Å². The van der Waals surface area contributed by atoms with Crippen LogP contribution in [0.15, 0.2) is 0 Å². The number of likely N-dealkylation sites (N-methyl/N-ethyl adjacent to an activating group) is 1. The zero-order chi connectivity index (χ0) is 12.1. The monoisotopic (exact) mass is 248 g/mol. The molecule has 0 aromatic carbocycles. The molecule has 1 aliphatic heterocycles. The van der Waals surface area contributed by atoms with Crippen LogP contribution in [0.5, 0.6) is 0 Å². The second-order valence-electron chi connectivity index (χ2n) is 3.63. The SMILES string of the molecule is CCNC(=O)C1COCCN1C(=O)C(C)Cl. The molecule has 0 aromatic rings. The number of carbonyl (C=O) groups excluding carboxylic acids is 2. The van der Waals surface area contributed by atoms with Crippen LogP contribution in [0.4, 0.5) is 0 Å². The number of rotatable bonds is 3. The van der Waals surface area contributed by atoms with Crippen molar-refractivity contribution in [1.82, 2.24) is 10.2 Å². The summed E-state index contributed by atoms with van der Waals surface area (Å²) in [5.74, 6) is -0.408. The van der Waals surface area contributed by atoms with Crippen LogP contribution in [-0.4, -0.2) is 54.4 Å². The van der Waals surface area contributed by atoms with Gasteiger partial charge in [-0.1, -0.05) is 0 Å². The van der Waals surface area contributed by atoms with Crippen molar-refractivity contribution in [2.75, 3.05) is 26.3 Å². The first-order valence-corrected chi connectivity index (χ1v) is 5.81. The Morgan fingerprint density at radius 2 is 2.31 bits per heavy atom. The summed E-state index contributed by atoms with van der Waals surface area (Å²) in [6.45, 7) is 5.07. The molecule has 0 spiro atoms. The van der Waals surface area contributed by atoms with Gasteiger partial charge in [-0.25, -0.2) is 0 Å². The molecule has 1 saturated heterocycles. The average molecular weight is 249 g/mol. The van der Waals surface area contributed by atoms with Crippen molar-refractivity contribution in [3.05, 3.63) is 0 Å². The third kappa shape index (κ3) is 3.09. The van der Waals surface area contributed by atoms with Gasteiger partial charge in [0.1, 0.15) is 11.4 Å². The molecule has 92 valence electrons. The molecule has 2 unspecified atom stereocenters. The minimum absolute atomic E-state index is 0.187. The molecule has 1 N–H and O–H groups in total. The Kier molecular flexibility index (Phi) is 5.02. The fraction of sp³-hybridized carbons (Fsp3) is 0.800. The Balaban J connectivity index is 2.71. The van der Waals surface area contributed by atoms with E-state index in [9.17, 15) is 9.59 Å². The highest BCUT2D eigenvalue weighted by molar-refractivity contribution is 6.30. The fourth-order valence-corrected chi connectivity index (χ4v) is 1.73. The van der Waals surface area contributed by atoms with Gasteiger partial charge in [0.2, 0.25) is 11.8 Å². The van der Waals surface area contributed by atoms with E-state index >= 15 is 0 Å². The minimum Gasteiger partial charge on any atom is -0.377 e. The summed E-state index contributed by atoms with van der Waals surface area (Å²) in [7, 11) is 0. The summed E-state index contributed by atoms with van der Waals surface area (Å²) in [6, 6.07) is -0.553. The Morgan fingerprint density at radius 1 is 1.62 bits per heavy atom. The Hall–Kier alpha value is -0.810. The van der Waals surface area contributed by atoms with E-state index in [4.69, 9.17) is 16.3 Å². The van der Waals surface area contributed by atoms with Gasteiger partial charge in [-0.2, -0.15) is 0 Å². The first kappa shape index (κ1) is 13.3. The van der Waals surface area contributed by atoms with Crippen molar-refractivity contribution in [2.45, 2.75) is 25.3 Å². The topological polar surface area (TPSA) is 58.6 Å². The van der Waals surface area contributed by atoms with Gasteiger partial charge in [0.15, 0.2) is 0 Å². The maximum Gasteiger partial charge on any atom is 0.245 e. The summed E-state index contributed by atoms with van der Waals surface area (Å²) in [6.07, 6.45) is 0. The van der Waals surface area contributed by atoms with Crippen molar-refractivity contribution >= 4 is 23.4 Å². The number of hydrogen-bond donors (Lipinski definition) is 1. The van der Waals surface area contributed by atoms with Gasteiger partial charge in [-0.3, -0.25) is 9.59 Å². The molecule has 6 heteroatoms. The lowest BCUT2D eigenvalue weighted by atomic mass is 10.2.